The van der Waals surface area contributed by atoms with E-state index in [0.29, 0.717) is 43.4 Å². The average molecular weight is 677 g/mol. The van der Waals surface area contributed by atoms with Crippen molar-refractivity contribution in [2.24, 2.45) is 11.8 Å². The van der Waals surface area contributed by atoms with Crippen LogP contribution in [0.5, 0.6) is 0 Å². The molecular formula is C41H56O8. The van der Waals surface area contributed by atoms with Gasteiger partial charge in [0.25, 0.3) is 0 Å². The maximum Gasteiger partial charge on any atom is 0.336 e. The van der Waals surface area contributed by atoms with Crippen molar-refractivity contribution < 1.29 is 38.0 Å². The second-order valence-corrected chi connectivity index (χ2v) is 12.2. The van der Waals surface area contributed by atoms with Gasteiger partial charge >= 0.3 is 11.9 Å². The summed E-state index contributed by atoms with van der Waals surface area (Å²) >= 11 is 0. The summed E-state index contributed by atoms with van der Waals surface area (Å²) in [5.41, 5.74) is 3.06. The van der Waals surface area contributed by atoms with E-state index in [-0.39, 0.29) is 36.8 Å². The molecule has 2 rings (SSSR count). The number of unbranched alkanes of at least 4 members (excludes halogenated alkanes) is 1. The first-order chi connectivity index (χ1) is 23.6. The molecule has 268 valence electrons. The number of carbonyl (C=O) groups excluding carboxylic acids is 2. The number of carbonyl (C=O) groups is 2. The number of methoxy groups -OCH3 is 2. The van der Waals surface area contributed by atoms with Crippen molar-refractivity contribution in [3.8, 4) is 0 Å². The van der Waals surface area contributed by atoms with Crippen molar-refractivity contribution in [2.75, 3.05) is 27.6 Å². The monoisotopic (exact) mass is 676 g/mol. The fraction of sp³-hybridized carbons (Fsp3) is 0.463. The van der Waals surface area contributed by atoms with E-state index in [1.807, 2.05) is 87.6 Å². The molecule has 1 aliphatic rings. The number of esters is 2. The van der Waals surface area contributed by atoms with Crippen LogP contribution in [0.2, 0.25) is 0 Å². The molecule has 0 N–H and O–H groups in total. The van der Waals surface area contributed by atoms with Gasteiger partial charge in [0.1, 0.15) is 6.79 Å². The number of rotatable bonds is 21. The second-order valence-electron chi connectivity index (χ2n) is 12.2. The summed E-state index contributed by atoms with van der Waals surface area (Å²) < 4.78 is 34.2. The van der Waals surface area contributed by atoms with Gasteiger partial charge in [-0.15, -0.1) is 0 Å². The lowest BCUT2D eigenvalue weighted by Gasteiger charge is -2.35. The molecule has 1 aliphatic heterocycles. The lowest BCUT2D eigenvalue weighted by atomic mass is 9.94. The zero-order valence-electron chi connectivity index (χ0n) is 30.2. The van der Waals surface area contributed by atoms with Crippen LogP contribution in [0.3, 0.4) is 0 Å². The zero-order valence-corrected chi connectivity index (χ0v) is 30.2. The molecule has 49 heavy (non-hydrogen) atoms. The van der Waals surface area contributed by atoms with E-state index in [4.69, 9.17) is 28.4 Å². The summed E-state index contributed by atoms with van der Waals surface area (Å²) in [5, 5.41) is 0. The maximum atomic E-state index is 12.9. The van der Waals surface area contributed by atoms with Gasteiger partial charge in [-0.25, -0.2) is 9.59 Å². The Morgan fingerprint density at radius 2 is 1.78 bits per heavy atom. The summed E-state index contributed by atoms with van der Waals surface area (Å²) in [5.74, 6) is -0.792. The first kappa shape index (κ1) is 41.4. The summed E-state index contributed by atoms with van der Waals surface area (Å²) in [6.07, 6.45) is 19.0. The minimum atomic E-state index is -0.548. The van der Waals surface area contributed by atoms with Gasteiger partial charge in [-0.2, -0.15) is 0 Å². The molecule has 0 aliphatic carbocycles. The maximum absolute atomic E-state index is 12.9. The molecule has 1 fully saturated rings. The molecule has 0 radical (unpaired) electrons. The van der Waals surface area contributed by atoms with Crippen molar-refractivity contribution in [3.05, 3.63) is 120 Å². The fourth-order valence-electron chi connectivity index (χ4n) is 5.37. The molecule has 0 aromatic heterocycles. The van der Waals surface area contributed by atoms with Crippen molar-refractivity contribution in [1.29, 1.82) is 0 Å². The Morgan fingerprint density at radius 3 is 2.45 bits per heavy atom. The SMILES string of the molecule is C=C/C=C/[C@H](C)[C@@H](OCOC)/C(=C/CCC[C@@H](C)OC(=O)/C(C)=C\CC[C@@H]1CO[C@@H](c2ccccc2)O[C@H]1/C=C/C(C)=C/C=C)C(=O)OC. The number of allylic oxidation sites excluding steroid dienone is 8. The van der Waals surface area contributed by atoms with E-state index < -0.39 is 18.4 Å². The summed E-state index contributed by atoms with van der Waals surface area (Å²) in [4.78, 5) is 25.5. The number of ether oxygens (including phenoxy) is 6. The lowest BCUT2D eigenvalue weighted by molar-refractivity contribution is -0.229. The van der Waals surface area contributed by atoms with Crippen LogP contribution in [0.1, 0.15) is 71.7 Å². The molecule has 0 saturated carbocycles. The third-order valence-corrected chi connectivity index (χ3v) is 8.13. The van der Waals surface area contributed by atoms with Gasteiger partial charge < -0.3 is 28.4 Å². The standard InChI is InChI=1S/C41H56O8/c1-9-11-19-31(4)38(47-29-44-7)36(40(43)45-8)25-16-15-21-33(6)48-39(42)32(5)20-17-24-35-28-46-41(34-22-13-12-14-23-34)49-37(35)27-26-30(3)18-10-2/h9-14,18-20,22-23,25-27,31,33,35,37-38,41H,1-2,15-17,21,24,28-29H2,3-8H3/b19-11+,27-26+,30-18+,32-20-,36-25-/t31-,33+,35+,37-,38+,41+/m0/s1. The van der Waals surface area contributed by atoms with Crippen molar-refractivity contribution in [3.63, 3.8) is 0 Å². The summed E-state index contributed by atoms with van der Waals surface area (Å²) in [6, 6.07) is 9.93. The predicted molar refractivity (Wildman–Crippen MR) is 194 cm³/mol. The Bertz CT molecular complexity index is 1320. The molecule has 6 atom stereocenters. The molecule has 8 nitrogen and oxygen atoms in total. The van der Waals surface area contributed by atoms with E-state index in [0.717, 1.165) is 17.6 Å². The highest BCUT2D eigenvalue weighted by atomic mass is 16.7. The first-order valence-corrected chi connectivity index (χ1v) is 17.0. The van der Waals surface area contributed by atoms with E-state index >= 15 is 0 Å². The van der Waals surface area contributed by atoms with E-state index in [1.165, 1.54) is 14.2 Å². The minimum absolute atomic E-state index is 0.0348. The average Bonchev–Trinajstić information content (AvgIpc) is 3.11. The third-order valence-electron chi connectivity index (χ3n) is 8.13. The zero-order chi connectivity index (χ0) is 36.0. The van der Waals surface area contributed by atoms with Crippen LogP contribution in [-0.4, -0.2) is 57.9 Å². The quantitative estimate of drug-likeness (QED) is 0.0420. The highest BCUT2D eigenvalue weighted by Gasteiger charge is 2.31. The molecule has 0 unspecified atom stereocenters. The number of hydrogen-bond donors (Lipinski definition) is 0. The van der Waals surface area contributed by atoms with Gasteiger partial charge in [0.05, 0.1) is 37.6 Å². The Balaban J connectivity index is 1.95. The molecule has 1 aromatic rings. The van der Waals surface area contributed by atoms with E-state index in [1.54, 1.807) is 19.1 Å². The summed E-state index contributed by atoms with van der Waals surface area (Å²) in [6.45, 7) is 15.7. The third kappa shape index (κ3) is 15.1. The van der Waals surface area contributed by atoms with Crippen LogP contribution in [0, 0.1) is 11.8 Å². The van der Waals surface area contributed by atoms with Crippen molar-refractivity contribution in [1.82, 2.24) is 0 Å². The Labute approximate surface area is 293 Å². The number of benzene rings is 1. The normalized spacial score (nSPS) is 20.9. The van der Waals surface area contributed by atoms with Gasteiger partial charge in [-0.3, -0.25) is 0 Å². The van der Waals surface area contributed by atoms with Crippen molar-refractivity contribution in [2.45, 2.75) is 84.4 Å². The summed E-state index contributed by atoms with van der Waals surface area (Å²) in [7, 11) is 2.88. The Kier molecular flexibility index (Phi) is 19.8. The highest BCUT2D eigenvalue weighted by molar-refractivity contribution is 5.89. The molecular weight excluding hydrogens is 620 g/mol. The lowest BCUT2D eigenvalue weighted by Crippen LogP contribution is -2.35. The molecule has 1 saturated heterocycles. The van der Waals surface area contributed by atoms with Gasteiger partial charge in [0, 0.05) is 30.1 Å². The molecule has 1 heterocycles. The molecule has 8 heteroatoms. The molecule has 0 bridgehead atoms. The van der Waals surface area contributed by atoms with Gasteiger partial charge in [-0.1, -0.05) is 111 Å². The van der Waals surface area contributed by atoms with Crippen LogP contribution >= 0.6 is 0 Å². The van der Waals surface area contributed by atoms with Crippen LogP contribution in [0.25, 0.3) is 0 Å². The van der Waals surface area contributed by atoms with E-state index in [9.17, 15) is 9.59 Å². The van der Waals surface area contributed by atoms with Gasteiger partial charge in [-0.05, 0) is 52.9 Å². The molecule has 0 amide bonds. The van der Waals surface area contributed by atoms with Gasteiger partial charge in [0.2, 0.25) is 0 Å². The highest BCUT2D eigenvalue weighted by Crippen LogP contribution is 2.32. The second kappa shape index (κ2) is 23.5. The molecule has 0 spiro atoms. The first-order valence-electron chi connectivity index (χ1n) is 17.0. The van der Waals surface area contributed by atoms with Crippen LogP contribution in [0.4, 0.5) is 0 Å². The van der Waals surface area contributed by atoms with E-state index in [2.05, 4.69) is 19.2 Å². The van der Waals surface area contributed by atoms with Crippen molar-refractivity contribution >= 4 is 11.9 Å². The minimum Gasteiger partial charge on any atom is -0.466 e. The predicted octanol–water partition coefficient (Wildman–Crippen LogP) is 8.70. The Morgan fingerprint density at radius 1 is 1.02 bits per heavy atom. The number of hydrogen-bond acceptors (Lipinski definition) is 8. The van der Waals surface area contributed by atoms with Gasteiger partial charge in [0.15, 0.2) is 6.29 Å². The van der Waals surface area contributed by atoms with Crippen LogP contribution < -0.4 is 0 Å². The van der Waals surface area contributed by atoms with Crippen LogP contribution in [-0.2, 0) is 38.0 Å². The fourth-order valence-corrected chi connectivity index (χ4v) is 5.37. The van der Waals surface area contributed by atoms with Crippen LogP contribution in [0.15, 0.2) is 115 Å². The molecule has 1 aromatic carbocycles. The largest absolute Gasteiger partial charge is 0.466 e. The Hall–Kier alpha value is -3.82. The topological polar surface area (TPSA) is 89.5 Å². The smallest absolute Gasteiger partial charge is 0.336 e.